The molecule has 1 aliphatic carbocycles. The Balaban J connectivity index is 1.94. The number of rotatable bonds is 1. The second-order valence-electron chi connectivity index (χ2n) is 5.79. The third-order valence-electron chi connectivity index (χ3n) is 4.40. The molecule has 0 heterocycles. The fourth-order valence-corrected chi connectivity index (χ4v) is 3.08. The van der Waals surface area contributed by atoms with Gasteiger partial charge >= 0.3 is 0 Å². The number of aryl methyl sites for hydroxylation is 1. The topological polar surface area (TPSA) is 0 Å². The molecule has 0 N–H and O–H groups in total. The first-order chi connectivity index (χ1) is 9.56. The molecule has 0 bridgehead atoms. The van der Waals surface area contributed by atoms with Crippen LogP contribution in [-0.2, 0) is 12.8 Å². The van der Waals surface area contributed by atoms with Crippen LogP contribution < -0.4 is 0 Å². The van der Waals surface area contributed by atoms with Crippen molar-refractivity contribution in [3.05, 3.63) is 69.8 Å². The second-order valence-corrected chi connectivity index (χ2v) is 5.79. The number of halogens is 2. The highest BCUT2D eigenvalue weighted by Gasteiger charge is 2.24. The average Bonchev–Trinajstić information content (AvgIpc) is 2.45. The van der Waals surface area contributed by atoms with Gasteiger partial charge in [-0.15, -0.1) is 0 Å². The molecular formula is C18H18F2. The largest absolute Gasteiger partial charge is 0.207 e. The highest BCUT2D eigenvalue weighted by atomic mass is 19.1. The van der Waals surface area contributed by atoms with Gasteiger partial charge in [0.15, 0.2) is 0 Å². The van der Waals surface area contributed by atoms with Gasteiger partial charge in [0.25, 0.3) is 0 Å². The summed E-state index contributed by atoms with van der Waals surface area (Å²) in [6, 6.07) is 9.98. The molecule has 1 atom stereocenters. The Bertz CT molecular complexity index is 641. The van der Waals surface area contributed by atoms with E-state index in [4.69, 9.17) is 0 Å². The molecule has 1 unspecified atom stereocenters. The first kappa shape index (κ1) is 13.3. The van der Waals surface area contributed by atoms with Gasteiger partial charge in [0.05, 0.1) is 0 Å². The van der Waals surface area contributed by atoms with Crippen molar-refractivity contribution in [1.82, 2.24) is 0 Å². The predicted octanol–water partition coefficient (Wildman–Crippen LogP) is 4.85. The summed E-state index contributed by atoms with van der Waals surface area (Å²) in [5, 5.41) is 0. The van der Waals surface area contributed by atoms with E-state index in [2.05, 4.69) is 31.2 Å². The molecule has 0 aromatic heterocycles. The lowest BCUT2D eigenvalue weighted by Crippen LogP contribution is -2.15. The Hall–Kier alpha value is -1.70. The van der Waals surface area contributed by atoms with Gasteiger partial charge < -0.3 is 0 Å². The van der Waals surface area contributed by atoms with Gasteiger partial charge in [-0.3, -0.25) is 0 Å². The number of benzene rings is 2. The molecule has 2 heteroatoms. The van der Waals surface area contributed by atoms with Gasteiger partial charge in [-0.2, -0.15) is 0 Å². The van der Waals surface area contributed by atoms with E-state index >= 15 is 0 Å². The van der Waals surface area contributed by atoms with Crippen LogP contribution in [0.1, 0.15) is 40.2 Å². The zero-order valence-electron chi connectivity index (χ0n) is 11.8. The van der Waals surface area contributed by atoms with Crippen LogP contribution in [0, 0.1) is 25.5 Å². The highest BCUT2D eigenvalue weighted by Crippen LogP contribution is 2.35. The summed E-state index contributed by atoms with van der Waals surface area (Å²) in [5.41, 5.74) is 4.20. The van der Waals surface area contributed by atoms with Crippen LogP contribution in [0.2, 0.25) is 0 Å². The monoisotopic (exact) mass is 272 g/mol. The summed E-state index contributed by atoms with van der Waals surface area (Å²) in [6.07, 6.45) is 2.35. The summed E-state index contributed by atoms with van der Waals surface area (Å²) in [6.45, 7) is 3.57. The molecule has 0 amide bonds. The minimum Gasteiger partial charge on any atom is -0.207 e. The maximum Gasteiger partial charge on any atom is 0.132 e. The maximum atomic E-state index is 14.1. The van der Waals surface area contributed by atoms with Crippen molar-refractivity contribution in [1.29, 1.82) is 0 Å². The fraction of sp³-hybridized carbons (Fsp3) is 0.333. The van der Waals surface area contributed by atoms with Gasteiger partial charge in [0.2, 0.25) is 0 Å². The Kier molecular flexibility index (Phi) is 3.33. The van der Waals surface area contributed by atoms with Crippen LogP contribution in [0.3, 0.4) is 0 Å². The first-order valence-corrected chi connectivity index (χ1v) is 7.09. The SMILES string of the molecule is Cc1ccc(C2CCc3c(cc(F)c(C)c3F)C2)cc1. The van der Waals surface area contributed by atoms with E-state index in [0.29, 0.717) is 17.9 Å². The third kappa shape index (κ3) is 2.24. The Labute approximate surface area is 118 Å². The van der Waals surface area contributed by atoms with Crippen molar-refractivity contribution in [3.63, 3.8) is 0 Å². The Morgan fingerprint density at radius 1 is 1.05 bits per heavy atom. The molecule has 1 aliphatic rings. The lowest BCUT2D eigenvalue weighted by atomic mass is 9.79. The second kappa shape index (κ2) is 5.01. The van der Waals surface area contributed by atoms with Gasteiger partial charge in [0.1, 0.15) is 11.6 Å². The molecule has 0 nitrogen and oxygen atoms in total. The molecular weight excluding hydrogens is 254 g/mol. The van der Waals surface area contributed by atoms with Gasteiger partial charge in [-0.1, -0.05) is 29.8 Å². The molecule has 0 aliphatic heterocycles. The number of hydrogen-bond acceptors (Lipinski definition) is 0. The zero-order chi connectivity index (χ0) is 14.3. The summed E-state index contributed by atoms with van der Waals surface area (Å²) in [7, 11) is 0. The number of hydrogen-bond donors (Lipinski definition) is 0. The highest BCUT2D eigenvalue weighted by molar-refractivity contribution is 5.39. The van der Waals surface area contributed by atoms with Gasteiger partial charge in [-0.25, -0.2) is 8.78 Å². The molecule has 3 rings (SSSR count). The van der Waals surface area contributed by atoms with Gasteiger partial charge in [0, 0.05) is 5.56 Å². The Morgan fingerprint density at radius 2 is 1.75 bits per heavy atom. The maximum absolute atomic E-state index is 14.1. The van der Waals surface area contributed by atoms with Crippen molar-refractivity contribution in [2.75, 3.05) is 0 Å². The molecule has 0 saturated heterocycles. The molecule has 0 radical (unpaired) electrons. The zero-order valence-corrected chi connectivity index (χ0v) is 11.8. The molecule has 0 fully saturated rings. The van der Waals surface area contributed by atoms with Crippen LogP contribution >= 0.6 is 0 Å². The van der Waals surface area contributed by atoms with E-state index in [1.807, 2.05) is 0 Å². The van der Waals surface area contributed by atoms with Crippen LogP contribution in [0.4, 0.5) is 8.78 Å². The normalized spacial score (nSPS) is 17.9. The van der Waals surface area contributed by atoms with Crippen LogP contribution in [0.15, 0.2) is 30.3 Å². The molecule has 0 spiro atoms. The van der Waals surface area contributed by atoms with Crippen LogP contribution in [0.25, 0.3) is 0 Å². The van der Waals surface area contributed by atoms with Crippen LogP contribution in [-0.4, -0.2) is 0 Å². The molecule has 20 heavy (non-hydrogen) atoms. The Morgan fingerprint density at radius 3 is 2.45 bits per heavy atom. The van der Waals surface area contributed by atoms with E-state index in [1.54, 1.807) is 0 Å². The van der Waals surface area contributed by atoms with Crippen molar-refractivity contribution in [3.8, 4) is 0 Å². The first-order valence-electron chi connectivity index (χ1n) is 7.09. The fourth-order valence-electron chi connectivity index (χ4n) is 3.08. The van der Waals surface area contributed by atoms with Crippen LogP contribution in [0.5, 0.6) is 0 Å². The third-order valence-corrected chi connectivity index (χ3v) is 4.40. The predicted molar refractivity (Wildman–Crippen MR) is 77.0 cm³/mol. The summed E-state index contributed by atoms with van der Waals surface area (Å²) in [5.74, 6) is -0.405. The van der Waals surface area contributed by atoms with Crippen molar-refractivity contribution in [2.45, 2.75) is 39.0 Å². The molecule has 2 aromatic rings. The van der Waals surface area contributed by atoms with Gasteiger partial charge in [-0.05, 0) is 61.8 Å². The lowest BCUT2D eigenvalue weighted by Gasteiger charge is -2.26. The minimum atomic E-state index is -0.425. The van der Waals surface area contributed by atoms with E-state index in [9.17, 15) is 8.78 Å². The summed E-state index contributed by atoms with van der Waals surface area (Å²) in [4.78, 5) is 0. The van der Waals surface area contributed by atoms with Crippen molar-refractivity contribution in [2.24, 2.45) is 0 Å². The van der Waals surface area contributed by atoms with E-state index in [-0.39, 0.29) is 11.4 Å². The van der Waals surface area contributed by atoms with E-state index < -0.39 is 5.82 Å². The van der Waals surface area contributed by atoms with E-state index in [0.717, 1.165) is 18.4 Å². The van der Waals surface area contributed by atoms with E-state index in [1.165, 1.54) is 24.1 Å². The smallest absolute Gasteiger partial charge is 0.132 e. The van der Waals surface area contributed by atoms with Crippen molar-refractivity contribution >= 4 is 0 Å². The van der Waals surface area contributed by atoms with Crippen molar-refractivity contribution < 1.29 is 8.78 Å². The summed E-state index contributed by atoms with van der Waals surface area (Å²) >= 11 is 0. The average molecular weight is 272 g/mol. The molecule has 2 aromatic carbocycles. The molecule has 0 saturated carbocycles. The lowest BCUT2D eigenvalue weighted by molar-refractivity contribution is 0.514. The molecule has 104 valence electrons. The standard InChI is InChI=1S/C18H18F2/c1-11-3-5-13(6-4-11)14-7-8-16-15(9-14)10-17(19)12(2)18(16)20/h3-6,10,14H,7-9H2,1-2H3. The summed E-state index contributed by atoms with van der Waals surface area (Å²) < 4.78 is 27.8. The quantitative estimate of drug-likeness (QED) is 0.696. The number of fused-ring (bicyclic) bond motifs is 1. The minimum absolute atomic E-state index is 0.150.